The highest BCUT2D eigenvalue weighted by Gasteiger charge is 2.41. The van der Waals surface area contributed by atoms with Crippen LogP contribution in [0.5, 0.6) is 0 Å². The number of piperidine rings is 1. The number of benzene rings is 2. The molecule has 3 fully saturated rings. The number of aliphatic carboxylic acids is 1. The zero-order valence-corrected chi connectivity index (χ0v) is 26.0. The van der Waals surface area contributed by atoms with E-state index in [1.165, 1.54) is 54.6 Å². The lowest BCUT2D eigenvalue weighted by molar-refractivity contribution is -0.140. The van der Waals surface area contributed by atoms with E-state index >= 15 is 0 Å². The van der Waals surface area contributed by atoms with Crippen molar-refractivity contribution in [1.29, 1.82) is 0 Å². The second kappa shape index (κ2) is 14.2. The first-order chi connectivity index (χ1) is 21.1. The van der Waals surface area contributed by atoms with Crippen LogP contribution in [0.2, 0.25) is 0 Å². The van der Waals surface area contributed by atoms with Crippen molar-refractivity contribution in [2.75, 3.05) is 26.2 Å². The topological polar surface area (TPSA) is 61.6 Å². The Hall–Kier alpha value is -2.96. The minimum atomic E-state index is -0.675. The van der Waals surface area contributed by atoms with Crippen LogP contribution in [0.15, 0.2) is 66.7 Å². The fraction of sp³-hybridized carbons (Fsp3) is 0.568. The van der Waals surface area contributed by atoms with Gasteiger partial charge in [0.25, 0.3) is 0 Å². The van der Waals surface area contributed by atoms with Crippen molar-refractivity contribution in [2.24, 2.45) is 5.92 Å². The lowest BCUT2D eigenvalue weighted by Gasteiger charge is -2.38. The van der Waals surface area contributed by atoms with Crippen LogP contribution in [-0.2, 0) is 17.8 Å². The van der Waals surface area contributed by atoms with Crippen LogP contribution in [0.4, 0.5) is 0 Å². The summed E-state index contributed by atoms with van der Waals surface area (Å²) in [5.41, 5.74) is 5.34. The lowest BCUT2D eigenvalue weighted by Crippen LogP contribution is -2.46. The van der Waals surface area contributed by atoms with Crippen LogP contribution < -0.4 is 0 Å². The van der Waals surface area contributed by atoms with E-state index in [1.807, 2.05) is 0 Å². The molecule has 6 rings (SSSR count). The number of likely N-dealkylation sites (tertiary alicyclic amines) is 1. The average Bonchev–Trinajstić information content (AvgIpc) is 3.65. The highest BCUT2D eigenvalue weighted by molar-refractivity contribution is 5.69. The number of carboxylic acids is 1. The first-order valence-corrected chi connectivity index (χ1v) is 16.9. The molecular weight excluding hydrogens is 532 g/mol. The second-order valence-electron chi connectivity index (χ2n) is 13.4. The molecule has 2 aromatic carbocycles. The van der Waals surface area contributed by atoms with E-state index in [4.69, 9.17) is 5.10 Å². The smallest absolute Gasteiger partial charge is 0.317 e. The standard InChI is InChI=1S/C37H50N4O2/c1-2-41-36(24-32(38-41)22-28-12-6-3-7-13-28)30-18-20-39(21-19-30)26-31-23-34(25-35(31)29-14-8-4-9-15-29)40(27-37(42)43)33-16-10-5-11-17-33/h3-4,6-9,12-15,24,30-31,33-35H,2,5,10-11,16-23,25-27H2,1H3,(H,42,43). The van der Waals surface area contributed by atoms with Crippen molar-refractivity contribution in [3.8, 4) is 0 Å². The summed E-state index contributed by atoms with van der Waals surface area (Å²) in [6, 6.07) is 24.9. The number of aromatic nitrogens is 2. The zero-order chi connectivity index (χ0) is 29.6. The Morgan fingerprint density at radius 1 is 0.907 bits per heavy atom. The Labute approximate surface area is 258 Å². The largest absolute Gasteiger partial charge is 0.480 e. The molecule has 0 radical (unpaired) electrons. The summed E-state index contributed by atoms with van der Waals surface area (Å²) in [7, 11) is 0. The van der Waals surface area contributed by atoms with E-state index in [0.29, 0.717) is 29.8 Å². The molecule has 1 saturated heterocycles. The van der Waals surface area contributed by atoms with E-state index in [2.05, 4.69) is 88.1 Å². The van der Waals surface area contributed by atoms with Gasteiger partial charge in [0.2, 0.25) is 0 Å². The van der Waals surface area contributed by atoms with E-state index in [0.717, 1.165) is 58.3 Å². The van der Waals surface area contributed by atoms with E-state index in [9.17, 15) is 9.90 Å². The first kappa shape index (κ1) is 30.1. The van der Waals surface area contributed by atoms with Gasteiger partial charge in [-0.2, -0.15) is 5.10 Å². The monoisotopic (exact) mass is 582 g/mol. The maximum atomic E-state index is 12.0. The van der Waals surface area contributed by atoms with Crippen molar-refractivity contribution in [1.82, 2.24) is 19.6 Å². The lowest BCUT2D eigenvalue weighted by atomic mass is 9.87. The fourth-order valence-electron chi connectivity index (χ4n) is 8.50. The van der Waals surface area contributed by atoms with Crippen LogP contribution >= 0.6 is 0 Å². The molecule has 3 aliphatic rings. The maximum Gasteiger partial charge on any atom is 0.317 e. The van der Waals surface area contributed by atoms with Crippen molar-refractivity contribution < 1.29 is 9.90 Å². The molecule has 3 atom stereocenters. The fourth-order valence-corrected chi connectivity index (χ4v) is 8.50. The van der Waals surface area contributed by atoms with E-state index < -0.39 is 5.97 Å². The predicted octanol–water partition coefficient (Wildman–Crippen LogP) is 6.95. The van der Waals surface area contributed by atoms with Gasteiger partial charge in [0, 0.05) is 43.2 Å². The predicted molar refractivity (Wildman–Crippen MR) is 172 cm³/mol. The molecule has 0 bridgehead atoms. The molecular formula is C37H50N4O2. The zero-order valence-electron chi connectivity index (χ0n) is 26.0. The number of hydrogen-bond donors (Lipinski definition) is 1. The Morgan fingerprint density at radius 3 is 2.28 bits per heavy atom. The van der Waals surface area contributed by atoms with Crippen LogP contribution in [-0.4, -0.2) is 68.9 Å². The molecule has 6 nitrogen and oxygen atoms in total. The number of rotatable bonds is 11. The Kier molecular flexibility index (Phi) is 9.95. The first-order valence-electron chi connectivity index (χ1n) is 16.9. The molecule has 0 spiro atoms. The molecule has 3 unspecified atom stereocenters. The van der Waals surface area contributed by atoms with Gasteiger partial charge in [-0.05, 0) is 87.6 Å². The van der Waals surface area contributed by atoms with Gasteiger partial charge in [-0.1, -0.05) is 79.9 Å². The van der Waals surface area contributed by atoms with Crippen molar-refractivity contribution in [2.45, 2.75) is 102 Å². The Morgan fingerprint density at radius 2 is 1.60 bits per heavy atom. The molecule has 2 heterocycles. The third-order valence-electron chi connectivity index (χ3n) is 10.6. The Balaban J connectivity index is 1.12. The number of carboxylic acid groups (broad SMARTS) is 1. The van der Waals surface area contributed by atoms with Gasteiger partial charge >= 0.3 is 5.97 Å². The van der Waals surface area contributed by atoms with Gasteiger partial charge in [0.15, 0.2) is 0 Å². The molecule has 2 aliphatic carbocycles. The van der Waals surface area contributed by atoms with Gasteiger partial charge in [-0.25, -0.2) is 0 Å². The molecule has 6 heteroatoms. The van der Waals surface area contributed by atoms with Gasteiger partial charge < -0.3 is 10.0 Å². The second-order valence-corrected chi connectivity index (χ2v) is 13.4. The molecule has 1 aliphatic heterocycles. The molecule has 3 aromatic rings. The number of nitrogens with zero attached hydrogens (tertiary/aromatic N) is 4. The van der Waals surface area contributed by atoms with Crippen LogP contribution in [0, 0.1) is 5.92 Å². The van der Waals surface area contributed by atoms with Gasteiger partial charge in [-0.3, -0.25) is 14.4 Å². The summed E-state index contributed by atoms with van der Waals surface area (Å²) in [6.45, 7) is 6.67. The summed E-state index contributed by atoms with van der Waals surface area (Å²) in [6.07, 6.45) is 11.5. The van der Waals surface area contributed by atoms with Gasteiger partial charge in [-0.15, -0.1) is 0 Å². The third kappa shape index (κ3) is 7.41. The van der Waals surface area contributed by atoms with Crippen molar-refractivity contribution >= 4 is 5.97 Å². The van der Waals surface area contributed by atoms with Crippen molar-refractivity contribution in [3.63, 3.8) is 0 Å². The van der Waals surface area contributed by atoms with Crippen LogP contribution in [0.1, 0.15) is 99.1 Å². The summed E-state index contributed by atoms with van der Waals surface area (Å²) in [5, 5.41) is 14.8. The minimum absolute atomic E-state index is 0.187. The van der Waals surface area contributed by atoms with Crippen LogP contribution in [0.3, 0.4) is 0 Å². The molecule has 1 aromatic heterocycles. The van der Waals surface area contributed by atoms with Crippen molar-refractivity contribution in [3.05, 3.63) is 89.2 Å². The van der Waals surface area contributed by atoms with Gasteiger partial charge in [0.05, 0.1) is 12.2 Å². The van der Waals surface area contributed by atoms with E-state index in [1.54, 1.807) is 0 Å². The summed E-state index contributed by atoms with van der Waals surface area (Å²) >= 11 is 0. The third-order valence-corrected chi connectivity index (χ3v) is 10.6. The SMILES string of the molecule is CCn1nc(Cc2ccccc2)cc1C1CCN(CC2CC(N(CC(=O)O)C3CCCCC3)CC2c2ccccc2)CC1. The van der Waals surface area contributed by atoms with Crippen LogP contribution in [0.25, 0.3) is 0 Å². The summed E-state index contributed by atoms with van der Waals surface area (Å²) in [4.78, 5) is 17.1. The molecule has 1 N–H and O–H groups in total. The number of hydrogen-bond acceptors (Lipinski definition) is 4. The van der Waals surface area contributed by atoms with E-state index in [-0.39, 0.29) is 6.54 Å². The number of aryl methyl sites for hydroxylation is 1. The van der Waals surface area contributed by atoms with Gasteiger partial charge in [0.1, 0.15) is 0 Å². The molecule has 2 saturated carbocycles. The molecule has 230 valence electrons. The molecule has 0 amide bonds. The summed E-state index contributed by atoms with van der Waals surface area (Å²) in [5.74, 6) is 0.936. The average molecular weight is 583 g/mol. The summed E-state index contributed by atoms with van der Waals surface area (Å²) < 4.78 is 2.24. The normalized spacial score (nSPS) is 24.1. The highest BCUT2D eigenvalue weighted by atomic mass is 16.4. The Bertz CT molecular complexity index is 1290. The quantitative estimate of drug-likeness (QED) is 0.265. The maximum absolute atomic E-state index is 12.0. The number of carbonyl (C=O) groups is 1. The molecule has 43 heavy (non-hydrogen) atoms. The highest BCUT2D eigenvalue weighted by Crippen LogP contribution is 2.44. The minimum Gasteiger partial charge on any atom is -0.480 e.